The molecule has 2 saturated heterocycles. The summed E-state index contributed by atoms with van der Waals surface area (Å²) in [4.78, 5) is 0. The molecule has 14 heavy (non-hydrogen) atoms. The van der Waals surface area contributed by atoms with Gasteiger partial charge in [-0.1, -0.05) is 6.92 Å². The van der Waals surface area contributed by atoms with Gasteiger partial charge in [-0.2, -0.15) is 0 Å². The van der Waals surface area contributed by atoms with E-state index in [9.17, 15) is 5.11 Å². The summed E-state index contributed by atoms with van der Waals surface area (Å²) in [6.45, 7) is 3.30. The highest BCUT2D eigenvalue weighted by Crippen LogP contribution is 2.40. The molecule has 0 aromatic rings. The molecule has 3 heteroatoms. The molecule has 0 saturated carbocycles. The monoisotopic (exact) mass is 200 g/mol. The number of aliphatic hydroxyl groups excluding tert-OH is 1. The SMILES string of the molecule is CCCOCC(O)C1CC2CCC1O2. The van der Waals surface area contributed by atoms with Crippen molar-refractivity contribution in [3.63, 3.8) is 0 Å². The van der Waals surface area contributed by atoms with Crippen LogP contribution in [0.3, 0.4) is 0 Å². The third-order valence-corrected chi connectivity index (χ3v) is 3.28. The lowest BCUT2D eigenvalue weighted by Crippen LogP contribution is -2.32. The molecule has 0 spiro atoms. The molecule has 3 nitrogen and oxygen atoms in total. The Morgan fingerprint density at radius 2 is 2.36 bits per heavy atom. The van der Waals surface area contributed by atoms with Crippen molar-refractivity contribution in [1.82, 2.24) is 0 Å². The van der Waals surface area contributed by atoms with Gasteiger partial charge in [0.2, 0.25) is 0 Å². The molecule has 2 fully saturated rings. The van der Waals surface area contributed by atoms with Crippen LogP contribution in [0, 0.1) is 5.92 Å². The minimum atomic E-state index is -0.322. The van der Waals surface area contributed by atoms with Crippen molar-refractivity contribution in [2.75, 3.05) is 13.2 Å². The molecule has 82 valence electrons. The van der Waals surface area contributed by atoms with Crippen LogP contribution in [0.1, 0.15) is 32.6 Å². The third-order valence-electron chi connectivity index (χ3n) is 3.28. The van der Waals surface area contributed by atoms with E-state index in [2.05, 4.69) is 6.92 Å². The Hall–Kier alpha value is -0.120. The second-order valence-corrected chi connectivity index (χ2v) is 4.42. The van der Waals surface area contributed by atoms with E-state index in [0.717, 1.165) is 25.9 Å². The Morgan fingerprint density at radius 1 is 1.50 bits per heavy atom. The van der Waals surface area contributed by atoms with Crippen molar-refractivity contribution in [3.8, 4) is 0 Å². The summed E-state index contributed by atoms with van der Waals surface area (Å²) in [5.74, 6) is 0.325. The summed E-state index contributed by atoms with van der Waals surface area (Å²) in [7, 11) is 0. The highest BCUT2D eigenvalue weighted by atomic mass is 16.5. The third kappa shape index (κ3) is 2.10. The van der Waals surface area contributed by atoms with Gasteiger partial charge in [-0.25, -0.2) is 0 Å². The van der Waals surface area contributed by atoms with E-state index in [4.69, 9.17) is 9.47 Å². The summed E-state index contributed by atoms with van der Waals surface area (Å²) in [6, 6.07) is 0. The van der Waals surface area contributed by atoms with Crippen molar-refractivity contribution in [2.24, 2.45) is 5.92 Å². The largest absolute Gasteiger partial charge is 0.390 e. The van der Waals surface area contributed by atoms with Crippen molar-refractivity contribution in [2.45, 2.75) is 50.9 Å². The molecule has 2 bridgehead atoms. The Bertz CT molecular complexity index is 183. The van der Waals surface area contributed by atoms with E-state index in [-0.39, 0.29) is 6.10 Å². The molecule has 0 aromatic heterocycles. The fourth-order valence-electron chi connectivity index (χ4n) is 2.55. The van der Waals surface area contributed by atoms with Gasteiger partial charge in [0.05, 0.1) is 24.9 Å². The Balaban J connectivity index is 1.72. The molecule has 2 heterocycles. The van der Waals surface area contributed by atoms with E-state index in [1.165, 1.54) is 6.42 Å². The molecule has 0 amide bonds. The molecule has 4 unspecified atom stereocenters. The molecule has 2 aliphatic rings. The van der Waals surface area contributed by atoms with Crippen LogP contribution in [0.5, 0.6) is 0 Å². The van der Waals surface area contributed by atoms with Gasteiger partial charge in [-0.3, -0.25) is 0 Å². The van der Waals surface area contributed by atoms with Crippen molar-refractivity contribution < 1.29 is 14.6 Å². The quantitative estimate of drug-likeness (QED) is 0.681. The molecule has 2 rings (SSSR count). The Labute approximate surface area is 85.4 Å². The molecule has 0 aromatic carbocycles. The van der Waals surface area contributed by atoms with E-state index in [1.54, 1.807) is 0 Å². The number of fused-ring (bicyclic) bond motifs is 2. The average Bonchev–Trinajstić information content (AvgIpc) is 2.79. The van der Waals surface area contributed by atoms with Crippen LogP contribution in [-0.4, -0.2) is 36.6 Å². The predicted molar refractivity (Wildman–Crippen MR) is 53.1 cm³/mol. The van der Waals surface area contributed by atoms with Crippen molar-refractivity contribution in [1.29, 1.82) is 0 Å². The minimum absolute atomic E-state index is 0.306. The maximum Gasteiger partial charge on any atom is 0.0827 e. The highest BCUT2D eigenvalue weighted by molar-refractivity contribution is 4.92. The second kappa shape index (κ2) is 4.60. The first-order chi connectivity index (χ1) is 6.81. The van der Waals surface area contributed by atoms with Crippen LogP contribution < -0.4 is 0 Å². The van der Waals surface area contributed by atoms with Gasteiger partial charge >= 0.3 is 0 Å². The topological polar surface area (TPSA) is 38.7 Å². The van der Waals surface area contributed by atoms with Gasteiger partial charge in [-0.15, -0.1) is 0 Å². The number of rotatable bonds is 5. The number of aliphatic hydroxyl groups is 1. The molecular formula is C11H20O3. The van der Waals surface area contributed by atoms with Gasteiger partial charge in [0, 0.05) is 12.5 Å². The van der Waals surface area contributed by atoms with Crippen LogP contribution in [0.15, 0.2) is 0 Å². The summed E-state index contributed by atoms with van der Waals surface area (Å²) >= 11 is 0. The second-order valence-electron chi connectivity index (χ2n) is 4.42. The Morgan fingerprint density at radius 3 is 2.93 bits per heavy atom. The maximum absolute atomic E-state index is 9.89. The molecule has 0 aliphatic carbocycles. The summed E-state index contributed by atoms with van der Waals surface area (Å²) in [6.07, 6.45) is 4.76. The zero-order chi connectivity index (χ0) is 9.97. The molecule has 2 aliphatic heterocycles. The van der Waals surface area contributed by atoms with E-state index in [1.807, 2.05) is 0 Å². The smallest absolute Gasteiger partial charge is 0.0827 e. The van der Waals surface area contributed by atoms with Crippen LogP contribution in [0.4, 0.5) is 0 Å². The van der Waals surface area contributed by atoms with Crippen LogP contribution in [0.25, 0.3) is 0 Å². The van der Waals surface area contributed by atoms with Crippen LogP contribution in [-0.2, 0) is 9.47 Å². The van der Waals surface area contributed by atoms with Gasteiger partial charge < -0.3 is 14.6 Å². The summed E-state index contributed by atoms with van der Waals surface area (Å²) < 4.78 is 11.1. The summed E-state index contributed by atoms with van der Waals surface area (Å²) in [5, 5.41) is 9.89. The fraction of sp³-hybridized carbons (Fsp3) is 1.00. The van der Waals surface area contributed by atoms with E-state index < -0.39 is 0 Å². The molecule has 1 N–H and O–H groups in total. The van der Waals surface area contributed by atoms with E-state index in [0.29, 0.717) is 24.7 Å². The zero-order valence-electron chi connectivity index (χ0n) is 8.82. The lowest BCUT2D eigenvalue weighted by Gasteiger charge is -2.23. The minimum Gasteiger partial charge on any atom is -0.390 e. The Kier molecular flexibility index (Phi) is 3.42. The van der Waals surface area contributed by atoms with Crippen LogP contribution in [0.2, 0.25) is 0 Å². The molecule has 4 atom stereocenters. The zero-order valence-corrected chi connectivity index (χ0v) is 8.82. The van der Waals surface area contributed by atoms with Gasteiger partial charge in [0.25, 0.3) is 0 Å². The normalized spacial score (nSPS) is 37.7. The first-order valence-electron chi connectivity index (χ1n) is 5.72. The standard InChI is InChI=1S/C11H20O3/c1-2-5-13-7-10(12)9-6-8-3-4-11(9)14-8/h8-12H,2-7H2,1H3. The van der Waals surface area contributed by atoms with Crippen molar-refractivity contribution in [3.05, 3.63) is 0 Å². The lowest BCUT2D eigenvalue weighted by molar-refractivity contribution is -0.0162. The number of ether oxygens (including phenoxy) is 2. The van der Waals surface area contributed by atoms with Crippen molar-refractivity contribution >= 4 is 0 Å². The molecule has 0 radical (unpaired) electrons. The lowest BCUT2D eigenvalue weighted by atomic mass is 9.85. The van der Waals surface area contributed by atoms with Gasteiger partial charge in [-0.05, 0) is 25.7 Å². The maximum atomic E-state index is 9.89. The fourth-order valence-corrected chi connectivity index (χ4v) is 2.55. The highest BCUT2D eigenvalue weighted by Gasteiger charge is 2.43. The van der Waals surface area contributed by atoms with Gasteiger partial charge in [0.1, 0.15) is 0 Å². The molecular weight excluding hydrogens is 180 g/mol. The average molecular weight is 200 g/mol. The first kappa shape index (κ1) is 10.4. The summed E-state index contributed by atoms with van der Waals surface area (Å²) in [5.41, 5.74) is 0. The number of hydrogen-bond acceptors (Lipinski definition) is 3. The van der Waals surface area contributed by atoms with Gasteiger partial charge in [0.15, 0.2) is 0 Å². The van der Waals surface area contributed by atoms with Crippen LogP contribution >= 0.6 is 0 Å². The number of hydrogen-bond donors (Lipinski definition) is 1. The first-order valence-corrected chi connectivity index (χ1v) is 5.72. The predicted octanol–water partition coefficient (Wildman–Crippen LogP) is 1.34. The van der Waals surface area contributed by atoms with E-state index >= 15 is 0 Å².